The lowest BCUT2D eigenvalue weighted by molar-refractivity contribution is -0.123. The van der Waals surface area contributed by atoms with Crippen LogP contribution in [0.2, 0.25) is 0 Å². The van der Waals surface area contributed by atoms with Gasteiger partial charge in [-0.3, -0.25) is 9.69 Å². The van der Waals surface area contributed by atoms with Crippen LogP contribution in [0.15, 0.2) is 0 Å². The average molecular weight is 297 g/mol. The summed E-state index contributed by atoms with van der Waals surface area (Å²) in [5, 5.41) is 6.32. The number of hydrogen-bond donors (Lipinski definition) is 2. The van der Waals surface area contributed by atoms with Crippen molar-refractivity contribution in [3.63, 3.8) is 0 Å². The molecule has 1 heterocycles. The normalized spacial score (nSPS) is 31.0. The van der Waals surface area contributed by atoms with E-state index in [0.717, 1.165) is 19.6 Å². The zero-order valence-corrected chi connectivity index (χ0v) is 13.6. The van der Waals surface area contributed by atoms with Crippen molar-refractivity contribution < 1.29 is 9.53 Å². The van der Waals surface area contributed by atoms with E-state index in [9.17, 15) is 4.79 Å². The van der Waals surface area contributed by atoms with Gasteiger partial charge in [0.1, 0.15) is 0 Å². The molecular formula is C16H31N3O2. The van der Waals surface area contributed by atoms with Gasteiger partial charge in [-0.25, -0.2) is 0 Å². The van der Waals surface area contributed by atoms with E-state index in [1.165, 1.54) is 25.7 Å². The summed E-state index contributed by atoms with van der Waals surface area (Å²) in [4.78, 5) is 14.2. The number of amides is 1. The number of hydrogen-bond acceptors (Lipinski definition) is 4. The molecule has 21 heavy (non-hydrogen) atoms. The molecule has 122 valence electrons. The number of nitrogens with one attached hydrogen (secondary N) is 2. The van der Waals surface area contributed by atoms with Crippen LogP contribution in [0.4, 0.5) is 0 Å². The third-order valence-electron chi connectivity index (χ3n) is 4.77. The molecular weight excluding hydrogens is 266 g/mol. The SMILES string of the molecule is CC1CCCCC1OCCNC(=O)CN1CCNC[C@H]1C. The summed E-state index contributed by atoms with van der Waals surface area (Å²) in [6.07, 6.45) is 5.46. The second-order valence-electron chi connectivity index (χ2n) is 6.54. The second-order valence-corrected chi connectivity index (χ2v) is 6.54. The monoisotopic (exact) mass is 297 g/mol. The predicted octanol–water partition coefficient (Wildman–Crippen LogP) is 0.992. The first kappa shape index (κ1) is 16.7. The highest BCUT2D eigenvalue weighted by atomic mass is 16.5. The number of nitrogens with zero attached hydrogens (tertiary/aromatic N) is 1. The van der Waals surface area contributed by atoms with Gasteiger partial charge in [0.05, 0.1) is 19.3 Å². The lowest BCUT2D eigenvalue weighted by Crippen LogP contribution is -2.52. The Morgan fingerprint density at radius 1 is 1.33 bits per heavy atom. The fourth-order valence-electron chi connectivity index (χ4n) is 3.29. The molecule has 0 radical (unpaired) electrons. The topological polar surface area (TPSA) is 53.6 Å². The molecule has 5 heteroatoms. The van der Waals surface area contributed by atoms with E-state index in [2.05, 4.69) is 29.4 Å². The van der Waals surface area contributed by atoms with Crippen molar-refractivity contribution in [2.24, 2.45) is 5.92 Å². The van der Waals surface area contributed by atoms with E-state index in [-0.39, 0.29) is 5.91 Å². The molecule has 0 aromatic carbocycles. The maximum absolute atomic E-state index is 11.9. The molecule has 0 bridgehead atoms. The van der Waals surface area contributed by atoms with Crippen LogP contribution in [0.5, 0.6) is 0 Å². The summed E-state index contributed by atoms with van der Waals surface area (Å²) in [5.74, 6) is 0.778. The quantitative estimate of drug-likeness (QED) is 0.718. The number of carbonyl (C=O) groups excluding carboxylic acids is 1. The number of ether oxygens (including phenoxy) is 1. The minimum absolute atomic E-state index is 0.115. The van der Waals surface area contributed by atoms with Gasteiger partial charge in [0.25, 0.3) is 0 Å². The van der Waals surface area contributed by atoms with Gasteiger partial charge in [-0.05, 0) is 25.7 Å². The molecule has 3 atom stereocenters. The lowest BCUT2D eigenvalue weighted by atomic mass is 9.88. The van der Waals surface area contributed by atoms with E-state index in [4.69, 9.17) is 4.74 Å². The molecule has 0 aromatic heterocycles. The van der Waals surface area contributed by atoms with E-state index in [1.54, 1.807) is 0 Å². The molecule has 1 saturated heterocycles. The standard InChI is InChI=1S/C16H31N3O2/c1-13-5-3-4-6-15(13)21-10-8-18-16(20)12-19-9-7-17-11-14(19)2/h13-15,17H,3-12H2,1-2H3,(H,18,20)/t13?,14-,15?/m1/s1. The Bertz CT molecular complexity index is 325. The number of rotatable bonds is 6. The molecule has 2 rings (SSSR count). The predicted molar refractivity (Wildman–Crippen MR) is 84.3 cm³/mol. The third kappa shape index (κ3) is 5.57. The van der Waals surface area contributed by atoms with Crippen molar-refractivity contribution in [2.75, 3.05) is 39.3 Å². The van der Waals surface area contributed by atoms with Crippen molar-refractivity contribution in [1.82, 2.24) is 15.5 Å². The first-order chi connectivity index (χ1) is 10.2. The maximum atomic E-state index is 11.9. The van der Waals surface area contributed by atoms with Crippen LogP contribution in [0.1, 0.15) is 39.5 Å². The molecule has 0 spiro atoms. The maximum Gasteiger partial charge on any atom is 0.234 e. The molecule has 1 amide bonds. The van der Waals surface area contributed by atoms with Crippen LogP contribution in [0.25, 0.3) is 0 Å². The smallest absolute Gasteiger partial charge is 0.234 e. The van der Waals surface area contributed by atoms with Crippen LogP contribution in [-0.4, -0.2) is 62.3 Å². The molecule has 1 aliphatic heterocycles. The summed E-state index contributed by atoms with van der Waals surface area (Å²) < 4.78 is 5.92. The molecule has 2 aliphatic rings. The summed E-state index contributed by atoms with van der Waals surface area (Å²) in [6, 6.07) is 0.434. The van der Waals surface area contributed by atoms with Crippen molar-refractivity contribution >= 4 is 5.91 Å². The third-order valence-corrected chi connectivity index (χ3v) is 4.77. The Hall–Kier alpha value is -0.650. The highest BCUT2D eigenvalue weighted by Gasteiger charge is 2.22. The Kier molecular flexibility index (Phi) is 6.93. The first-order valence-electron chi connectivity index (χ1n) is 8.50. The van der Waals surface area contributed by atoms with E-state index in [1.807, 2.05) is 0 Å². The molecule has 2 unspecified atom stereocenters. The number of carbonyl (C=O) groups is 1. The second kappa shape index (κ2) is 8.71. The molecule has 1 aliphatic carbocycles. The van der Waals surface area contributed by atoms with E-state index < -0.39 is 0 Å². The van der Waals surface area contributed by atoms with E-state index >= 15 is 0 Å². The van der Waals surface area contributed by atoms with Crippen LogP contribution in [-0.2, 0) is 9.53 Å². The lowest BCUT2D eigenvalue weighted by Gasteiger charge is -2.33. The molecule has 2 fully saturated rings. The van der Waals surface area contributed by atoms with Gasteiger partial charge in [0, 0.05) is 32.2 Å². The minimum atomic E-state index is 0.115. The highest BCUT2D eigenvalue weighted by molar-refractivity contribution is 5.78. The highest BCUT2D eigenvalue weighted by Crippen LogP contribution is 2.25. The first-order valence-corrected chi connectivity index (χ1v) is 8.50. The average Bonchev–Trinajstić information content (AvgIpc) is 2.48. The van der Waals surface area contributed by atoms with Gasteiger partial charge in [-0.1, -0.05) is 19.8 Å². The summed E-state index contributed by atoms with van der Waals surface area (Å²) in [7, 11) is 0. The molecule has 2 N–H and O–H groups in total. The molecule has 1 saturated carbocycles. The van der Waals surface area contributed by atoms with Crippen molar-refractivity contribution in [1.29, 1.82) is 0 Å². The molecule has 0 aromatic rings. The fourth-order valence-corrected chi connectivity index (χ4v) is 3.29. The van der Waals surface area contributed by atoms with E-state index in [0.29, 0.717) is 37.8 Å². The Morgan fingerprint density at radius 3 is 2.90 bits per heavy atom. The zero-order chi connectivity index (χ0) is 15.1. The minimum Gasteiger partial charge on any atom is -0.376 e. The summed E-state index contributed by atoms with van der Waals surface area (Å²) in [6.45, 7) is 9.09. The van der Waals surface area contributed by atoms with Crippen molar-refractivity contribution in [3.05, 3.63) is 0 Å². The van der Waals surface area contributed by atoms with Gasteiger partial charge in [0.15, 0.2) is 0 Å². The van der Waals surface area contributed by atoms with Crippen LogP contribution >= 0.6 is 0 Å². The Morgan fingerprint density at radius 2 is 2.14 bits per heavy atom. The molecule has 5 nitrogen and oxygen atoms in total. The van der Waals surface area contributed by atoms with Gasteiger partial charge < -0.3 is 15.4 Å². The van der Waals surface area contributed by atoms with Crippen LogP contribution in [0.3, 0.4) is 0 Å². The van der Waals surface area contributed by atoms with Crippen molar-refractivity contribution in [2.45, 2.75) is 51.7 Å². The van der Waals surface area contributed by atoms with Crippen LogP contribution in [0, 0.1) is 5.92 Å². The van der Waals surface area contributed by atoms with Crippen LogP contribution < -0.4 is 10.6 Å². The summed E-state index contributed by atoms with van der Waals surface area (Å²) >= 11 is 0. The zero-order valence-electron chi connectivity index (χ0n) is 13.6. The van der Waals surface area contributed by atoms with Gasteiger partial charge in [0.2, 0.25) is 5.91 Å². The Labute approximate surface area is 128 Å². The summed E-state index contributed by atoms with van der Waals surface area (Å²) in [5.41, 5.74) is 0. The Balaban J connectivity index is 1.56. The van der Waals surface area contributed by atoms with Gasteiger partial charge >= 0.3 is 0 Å². The van der Waals surface area contributed by atoms with Gasteiger partial charge in [-0.15, -0.1) is 0 Å². The fraction of sp³-hybridized carbons (Fsp3) is 0.938. The van der Waals surface area contributed by atoms with Gasteiger partial charge in [-0.2, -0.15) is 0 Å². The van der Waals surface area contributed by atoms with Crippen molar-refractivity contribution in [3.8, 4) is 0 Å². The largest absolute Gasteiger partial charge is 0.376 e. The number of piperazine rings is 1.